The van der Waals surface area contributed by atoms with Gasteiger partial charge in [-0.25, -0.2) is 15.0 Å². The lowest BCUT2D eigenvalue weighted by atomic mass is 10.0. The normalized spacial score (nSPS) is 12.1. The molecule has 2 aromatic heterocycles. The second-order valence-corrected chi connectivity index (χ2v) is 12.3. The lowest BCUT2D eigenvalue weighted by Gasteiger charge is -2.34. The molecule has 0 fully saturated rings. The molecule has 0 spiro atoms. The maximum atomic E-state index is 6.80. The van der Waals surface area contributed by atoms with Crippen LogP contribution in [0.25, 0.3) is 66.6 Å². The zero-order valence-corrected chi connectivity index (χ0v) is 26.7. The fourth-order valence-corrected chi connectivity index (χ4v) is 7.06. The Kier molecular flexibility index (Phi) is 6.39. The van der Waals surface area contributed by atoms with E-state index in [0.717, 1.165) is 71.9 Å². The van der Waals surface area contributed by atoms with Gasteiger partial charge in [-0.15, -0.1) is 0 Å². The van der Waals surface area contributed by atoms with E-state index in [4.69, 9.17) is 24.7 Å². The van der Waals surface area contributed by atoms with Crippen molar-refractivity contribution in [1.82, 2.24) is 19.9 Å². The van der Waals surface area contributed by atoms with Gasteiger partial charge in [-0.05, 0) is 57.9 Å². The number of benzene rings is 7. The minimum Gasteiger partial charge on any atom is -0.452 e. The van der Waals surface area contributed by atoms with Crippen LogP contribution in [0.1, 0.15) is 0 Å². The smallest absolute Gasteiger partial charge is 0.167 e. The first kappa shape index (κ1) is 28.1. The van der Waals surface area contributed by atoms with E-state index in [0.29, 0.717) is 23.2 Å². The summed E-state index contributed by atoms with van der Waals surface area (Å²) < 4.78 is 6.80. The van der Waals surface area contributed by atoms with Crippen LogP contribution >= 0.6 is 0 Å². The SMILES string of the molecule is c1ccc2c(c1)Oc1c(-c3nc(-c4cccc5ccccc45)nc(-c4cccc5ccccc45)n3)cccc1N2c1cccc2cccnc12. The summed E-state index contributed by atoms with van der Waals surface area (Å²) in [6.45, 7) is 0. The molecule has 10 rings (SSSR count). The van der Waals surface area contributed by atoms with E-state index >= 15 is 0 Å². The molecule has 7 aromatic carbocycles. The molecule has 50 heavy (non-hydrogen) atoms. The molecule has 0 amide bonds. The van der Waals surface area contributed by atoms with Gasteiger partial charge in [-0.1, -0.05) is 121 Å². The van der Waals surface area contributed by atoms with E-state index < -0.39 is 0 Å². The molecule has 1 aliphatic heterocycles. The van der Waals surface area contributed by atoms with Crippen LogP contribution in [0, 0.1) is 0 Å². The Labute approximate surface area is 288 Å². The summed E-state index contributed by atoms with van der Waals surface area (Å²) in [4.78, 5) is 22.6. The van der Waals surface area contributed by atoms with Crippen LogP contribution in [0.2, 0.25) is 0 Å². The molecular weight excluding hydrogens is 615 g/mol. The fraction of sp³-hybridized carbons (Fsp3) is 0. The molecule has 6 nitrogen and oxygen atoms in total. The molecule has 0 aliphatic carbocycles. The maximum Gasteiger partial charge on any atom is 0.167 e. The zero-order chi connectivity index (χ0) is 33.0. The van der Waals surface area contributed by atoms with Crippen molar-refractivity contribution in [3.63, 3.8) is 0 Å². The third-order valence-corrected chi connectivity index (χ3v) is 9.34. The molecule has 0 N–H and O–H groups in total. The van der Waals surface area contributed by atoms with Crippen molar-refractivity contribution >= 4 is 49.5 Å². The van der Waals surface area contributed by atoms with E-state index in [1.54, 1.807) is 0 Å². The Bertz CT molecular complexity index is 2660. The van der Waals surface area contributed by atoms with Gasteiger partial charge < -0.3 is 9.64 Å². The summed E-state index contributed by atoms with van der Waals surface area (Å²) in [5.41, 5.74) is 6.30. The topological polar surface area (TPSA) is 64.0 Å². The molecule has 0 saturated carbocycles. The first-order valence-corrected chi connectivity index (χ1v) is 16.6. The van der Waals surface area contributed by atoms with Gasteiger partial charge in [-0.3, -0.25) is 4.98 Å². The first-order valence-electron chi connectivity index (χ1n) is 16.6. The Balaban J connectivity index is 1.24. The van der Waals surface area contributed by atoms with Crippen molar-refractivity contribution in [2.45, 2.75) is 0 Å². The van der Waals surface area contributed by atoms with Gasteiger partial charge in [0.15, 0.2) is 29.0 Å². The monoisotopic (exact) mass is 641 g/mol. The second kappa shape index (κ2) is 11.4. The summed E-state index contributed by atoms with van der Waals surface area (Å²) >= 11 is 0. The predicted molar refractivity (Wildman–Crippen MR) is 201 cm³/mol. The second-order valence-electron chi connectivity index (χ2n) is 12.3. The number of aromatic nitrogens is 4. The molecule has 3 heterocycles. The Hall–Kier alpha value is -6.92. The largest absolute Gasteiger partial charge is 0.452 e. The standard InChI is InChI=1S/C44H27N5O/c1-3-18-31-28(12-1)14-7-20-33(31)42-46-43(34-21-8-15-29-13-2-4-19-32(29)34)48-44(47-42)35-22-10-25-38-41(35)50-39-26-6-5-23-36(39)49(38)37-24-9-16-30-17-11-27-45-40(30)37/h1-27H. The number of rotatable bonds is 4. The summed E-state index contributed by atoms with van der Waals surface area (Å²) in [5, 5.41) is 5.45. The van der Waals surface area contributed by atoms with E-state index in [1.807, 2.05) is 42.6 Å². The first-order chi connectivity index (χ1) is 24.8. The Morgan fingerprint density at radius 3 is 1.64 bits per heavy atom. The average Bonchev–Trinajstić information content (AvgIpc) is 3.19. The van der Waals surface area contributed by atoms with Gasteiger partial charge >= 0.3 is 0 Å². The molecule has 0 atom stereocenters. The van der Waals surface area contributed by atoms with Gasteiger partial charge in [0.1, 0.15) is 0 Å². The number of fused-ring (bicyclic) bond motifs is 5. The van der Waals surface area contributed by atoms with Crippen LogP contribution in [0.5, 0.6) is 11.5 Å². The lowest BCUT2D eigenvalue weighted by molar-refractivity contribution is 0.478. The van der Waals surface area contributed by atoms with Crippen molar-refractivity contribution < 1.29 is 4.74 Å². The van der Waals surface area contributed by atoms with Crippen molar-refractivity contribution in [2.75, 3.05) is 4.90 Å². The number of hydrogen-bond acceptors (Lipinski definition) is 6. The van der Waals surface area contributed by atoms with Crippen molar-refractivity contribution in [1.29, 1.82) is 0 Å². The van der Waals surface area contributed by atoms with Crippen LogP contribution in [0.4, 0.5) is 17.1 Å². The lowest BCUT2D eigenvalue weighted by Crippen LogP contribution is -2.17. The van der Waals surface area contributed by atoms with Crippen LogP contribution < -0.4 is 9.64 Å². The Morgan fingerprint density at radius 2 is 0.900 bits per heavy atom. The zero-order valence-electron chi connectivity index (χ0n) is 26.7. The van der Waals surface area contributed by atoms with Crippen molar-refractivity contribution in [3.05, 3.63) is 164 Å². The molecule has 6 heteroatoms. The summed E-state index contributed by atoms with van der Waals surface area (Å²) in [6, 6.07) is 53.7. The summed E-state index contributed by atoms with van der Waals surface area (Å²) in [7, 11) is 0. The minimum absolute atomic E-state index is 0.526. The number of ether oxygens (including phenoxy) is 1. The van der Waals surface area contributed by atoms with Crippen LogP contribution in [0.15, 0.2) is 164 Å². The molecular formula is C44H27N5O. The average molecular weight is 642 g/mol. The molecule has 234 valence electrons. The van der Waals surface area contributed by atoms with Gasteiger partial charge in [0.05, 0.1) is 28.1 Å². The van der Waals surface area contributed by atoms with Gasteiger partial charge in [0.2, 0.25) is 0 Å². The van der Waals surface area contributed by atoms with E-state index in [2.05, 4.69) is 126 Å². The highest BCUT2D eigenvalue weighted by Gasteiger charge is 2.30. The molecule has 1 aliphatic rings. The third-order valence-electron chi connectivity index (χ3n) is 9.34. The predicted octanol–water partition coefficient (Wildman–Crippen LogP) is 11.3. The van der Waals surface area contributed by atoms with Gasteiger partial charge in [0.25, 0.3) is 0 Å². The highest BCUT2D eigenvalue weighted by Crippen LogP contribution is 2.54. The van der Waals surface area contributed by atoms with Crippen molar-refractivity contribution in [2.24, 2.45) is 0 Å². The number of hydrogen-bond donors (Lipinski definition) is 0. The van der Waals surface area contributed by atoms with Crippen molar-refractivity contribution in [3.8, 4) is 45.7 Å². The minimum atomic E-state index is 0.526. The molecule has 0 bridgehead atoms. The third kappa shape index (κ3) is 4.50. The highest BCUT2D eigenvalue weighted by molar-refractivity contribution is 6.01. The molecule has 0 saturated heterocycles. The van der Waals surface area contributed by atoms with Crippen LogP contribution in [0.3, 0.4) is 0 Å². The van der Waals surface area contributed by atoms with Gasteiger partial charge in [-0.2, -0.15) is 0 Å². The number of anilines is 3. The maximum absolute atomic E-state index is 6.80. The molecule has 9 aromatic rings. The number of nitrogens with zero attached hydrogens (tertiary/aromatic N) is 5. The highest BCUT2D eigenvalue weighted by atomic mass is 16.5. The van der Waals surface area contributed by atoms with E-state index in [1.165, 1.54) is 0 Å². The molecule has 0 radical (unpaired) electrons. The van der Waals surface area contributed by atoms with Gasteiger partial charge in [0, 0.05) is 22.7 Å². The number of para-hydroxylation sites is 4. The van der Waals surface area contributed by atoms with E-state index in [9.17, 15) is 0 Å². The molecule has 0 unspecified atom stereocenters. The summed E-state index contributed by atoms with van der Waals surface area (Å²) in [5.74, 6) is 3.12. The number of pyridine rings is 1. The quantitative estimate of drug-likeness (QED) is 0.191. The fourth-order valence-electron chi connectivity index (χ4n) is 7.06. The Morgan fingerprint density at radius 1 is 0.400 bits per heavy atom. The van der Waals surface area contributed by atoms with E-state index in [-0.39, 0.29) is 0 Å². The van der Waals surface area contributed by atoms with Crippen LogP contribution in [-0.2, 0) is 0 Å². The summed E-state index contributed by atoms with van der Waals surface area (Å²) in [6.07, 6.45) is 1.84. The van der Waals surface area contributed by atoms with Crippen LogP contribution in [-0.4, -0.2) is 19.9 Å².